The van der Waals surface area contributed by atoms with Crippen molar-refractivity contribution in [2.45, 2.75) is 33.2 Å². The molecule has 0 aliphatic heterocycles. The molecule has 2 amide bonds. The lowest BCUT2D eigenvalue weighted by Crippen LogP contribution is -2.33. The number of nitrogens with one attached hydrogen (secondary N) is 2. The number of carbonyl (C=O) groups excluding carboxylic acids is 2. The highest BCUT2D eigenvalue weighted by Gasteiger charge is 2.23. The van der Waals surface area contributed by atoms with Crippen molar-refractivity contribution in [3.8, 4) is 11.3 Å². The van der Waals surface area contributed by atoms with Crippen molar-refractivity contribution in [1.29, 1.82) is 0 Å². The third-order valence-corrected chi connectivity index (χ3v) is 6.27. The van der Waals surface area contributed by atoms with Crippen LogP contribution in [0.3, 0.4) is 0 Å². The van der Waals surface area contributed by atoms with Gasteiger partial charge in [0.25, 0.3) is 5.56 Å². The number of amides is 2. The molecule has 3 aromatic carbocycles. The van der Waals surface area contributed by atoms with Crippen molar-refractivity contribution >= 4 is 45.8 Å². The molecule has 0 radical (unpaired) electrons. The summed E-state index contributed by atoms with van der Waals surface area (Å²) in [5.41, 5.74) is 3.08. The fraction of sp³-hybridized carbons (Fsp3) is 0.185. The Morgan fingerprint density at radius 3 is 2.43 bits per heavy atom. The predicted octanol–water partition coefficient (Wildman–Crippen LogP) is 5.57. The molecule has 0 saturated carbocycles. The van der Waals surface area contributed by atoms with Gasteiger partial charge in [0.1, 0.15) is 11.7 Å². The second-order valence-electron chi connectivity index (χ2n) is 8.15. The standard InChI is InChI=1S/C27H25ClN4O3/c1-4-24(33)29-21-12-6-5-10-18(21)25-27(35)32(23-15-8-7-13-22(23)30-25)17(3)26(34)31-20-14-9-11-19(28)16(20)2/h5-15,17H,4H2,1-3H3,(H,29,33)(H,31,34)/t17-/m0/s1. The summed E-state index contributed by atoms with van der Waals surface area (Å²) in [7, 11) is 0. The molecule has 0 saturated heterocycles. The number of aromatic nitrogens is 2. The molecule has 4 aromatic rings. The number of fused-ring (bicyclic) bond motifs is 1. The Balaban J connectivity index is 1.85. The molecule has 0 spiro atoms. The molecule has 1 heterocycles. The molecule has 0 aliphatic carbocycles. The van der Waals surface area contributed by atoms with Crippen LogP contribution in [0.2, 0.25) is 5.02 Å². The van der Waals surface area contributed by atoms with Crippen molar-refractivity contribution in [2.75, 3.05) is 10.6 Å². The molecule has 0 bridgehead atoms. The third-order valence-electron chi connectivity index (χ3n) is 5.86. The van der Waals surface area contributed by atoms with Crippen molar-refractivity contribution in [1.82, 2.24) is 9.55 Å². The van der Waals surface area contributed by atoms with Gasteiger partial charge in [0.05, 0.1) is 16.7 Å². The summed E-state index contributed by atoms with van der Waals surface area (Å²) in [6.45, 7) is 5.23. The van der Waals surface area contributed by atoms with Crippen LogP contribution in [-0.2, 0) is 9.59 Å². The first-order chi connectivity index (χ1) is 16.8. The Morgan fingerprint density at radius 1 is 0.971 bits per heavy atom. The molecule has 1 aromatic heterocycles. The minimum atomic E-state index is -0.857. The van der Waals surface area contributed by atoms with Crippen molar-refractivity contribution in [3.63, 3.8) is 0 Å². The molecule has 0 fully saturated rings. The van der Waals surface area contributed by atoms with E-state index in [2.05, 4.69) is 15.6 Å². The van der Waals surface area contributed by atoms with E-state index < -0.39 is 11.6 Å². The summed E-state index contributed by atoms with van der Waals surface area (Å²) in [6.07, 6.45) is 0.295. The van der Waals surface area contributed by atoms with Gasteiger partial charge in [0.15, 0.2) is 0 Å². The first-order valence-electron chi connectivity index (χ1n) is 11.3. The Hall–Kier alpha value is -3.97. The number of rotatable bonds is 6. The predicted molar refractivity (Wildman–Crippen MR) is 140 cm³/mol. The van der Waals surface area contributed by atoms with Gasteiger partial charge in [-0.25, -0.2) is 4.98 Å². The minimum Gasteiger partial charge on any atom is -0.325 e. The van der Waals surface area contributed by atoms with E-state index in [1.54, 1.807) is 74.5 Å². The third kappa shape index (κ3) is 4.81. The minimum absolute atomic E-state index is 0.147. The molecule has 4 rings (SSSR count). The number of hydrogen-bond donors (Lipinski definition) is 2. The monoisotopic (exact) mass is 488 g/mol. The number of nitrogens with zero attached hydrogens (tertiary/aromatic N) is 2. The first kappa shape index (κ1) is 24.2. The molecular weight excluding hydrogens is 464 g/mol. The molecule has 2 N–H and O–H groups in total. The van der Waals surface area contributed by atoms with E-state index in [4.69, 9.17) is 11.6 Å². The van der Waals surface area contributed by atoms with Gasteiger partial charge in [-0.1, -0.05) is 54.9 Å². The largest absolute Gasteiger partial charge is 0.325 e. The lowest BCUT2D eigenvalue weighted by molar-refractivity contribution is -0.119. The number of carbonyl (C=O) groups is 2. The highest BCUT2D eigenvalue weighted by molar-refractivity contribution is 6.31. The van der Waals surface area contributed by atoms with Gasteiger partial charge in [-0.05, 0) is 49.7 Å². The van der Waals surface area contributed by atoms with Crippen LogP contribution in [0.15, 0.2) is 71.5 Å². The number of para-hydroxylation sites is 3. The summed E-state index contributed by atoms with van der Waals surface area (Å²) in [5.74, 6) is -0.546. The Labute approximate surface area is 207 Å². The fourth-order valence-corrected chi connectivity index (χ4v) is 4.02. The number of halogens is 1. The zero-order chi connectivity index (χ0) is 25.1. The van der Waals surface area contributed by atoms with Crippen LogP contribution in [0, 0.1) is 6.92 Å². The molecule has 0 aliphatic rings. The van der Waals surface area contributed by atoms with Gasteiger partial charge in [-0.3, -0.25) is 19.0 Å². The van der Waals surface area contributed by atoms with Crippen LogP contribution in [0.4, 0.5) is 11.4 Å². The van der Waals surface area contributed by atoms with Crippen molar-refractivity contribution < 1.29 is 9.59 Å². The first-order valence-corrected chi connectivity index (χ1v) is 11.7. The number of benzene rings is 3. The van der Waals surface area contributed by atoms with Crippen LogP contribution in [0.25, 0.3) is 22.3 Å². The van der Waals surface area contributed by atoms with E-state index in [0.29, 0.717) is 39.4 Å². The summed E-state index contributed by atoms with van der Waals surface area (Å²) in [4.78, 5) is 43.8. The quantitative estimate of drug-likeness (QED) is 0.371. The Kier molecular flexibility index (Phi) is 6.98. The van der Waals surface area contributed by atoms with Crippen molar-refractivity contribution in [3.05, 3.63) is 87.7 Å². The lowest BCUT2D eigenvalue weighted by Gasteiger charge is -2.20. The van der Waals surface area contributed by atoms with Gasteiger partial charge in [0.2, 0.25) is 11.8 Å². The molecule has 35 heavy (non-hydrogen) atoms. The Bertz CT molecular complexity index is 1500. The van der Waals surface area contributed by atoms with Crippen LogP contribution < -0.4 is 16.2 Å². The van der Waals surface area contributed by atoms with Crippen LogP contribution >= 0.6 is 11.6 Å². The van der Waals surface area contributed by atoms with Gasteiger partial charge in [-0.15, -0.1) is 0 Å². The van der Waals surface area contributed by atoms with Crippen LogP contribution in [-0.4, -0.2) is 21.4 Å². The van der Waals surface area contributed by atoms with E-state index in [0.717, 1.165) is 5.56 Å². The van der Waals surface area contributed by atoms with E-state index in [9.17, 15) is 14.4 Å². The molecule has 1 atom stereocenters. The van der Waals surface area contributed by atoms with Crippen LogP contribution in [0.1, 0.15) is 31.9 Å². The average Bonchev–Trinajstić information content (AvgIpc) is 2.86. The summed E-state index contributed by atoms with van der Waals surface area (Å²) >= 11 is 6.20. The summed E-state index contributed by atoms with van der Waals surface area (Å²) < 4.78 is 1.44. The molecule has 8 heteroatoms. The molecule has 0 unspecified atom stereocenters. The average molecular weight is 489 g/mol. The topological polar surface area (TPSA) is 93.1 Å². The van der Waals surface area contributed by atoms with E-state index in [1.165, 1.54) is 4.57 Å². The van der Waals surface area contributed by atoms with Crippen LogP contribution in [0.5, 0.6) is 0 Å². The molecule has 178 valence electrons. The second kappa shape index (κ2) is 10.1. The summed E-state index contributed by atoms with van der Waals surface area (Å²) in [6, 6.07) is 18.6. The summed E-state index contributed by atoms with van der Waals surface area (Å²) in [5, 5.41) is 6.25. The zero-order valence-electron chi connectivity index (χ0n) is 19.6. The van der Waals surface area contributed by atoms with Gasteiger partial charge in [-0.2, -0.15) is 0 Å². The highest BCUT2D eigenvalue weighted by atomic mass is 35.5. The maximum atomic E-state index is 13.8. The highest BCUT2D eigenvalue weighted by Crippen LogP contribution is 2.28. The fourth-order valence-electron chi connectivity index (χ4n) is 3.85. The number of anilines is 2. The van der Waals surface area contributed by atoms with Gasteiger partial charge in [0, 0.05) is 22.7 Å². The lowest BCUT2D eigenvalue weighted by atomic mass is 10.1. The second-order valence-corrected chi connectivity index (χ2v) is 8.56. The zero-order valence-corrected chi connectivity index (χ0v) is 20.4. The van der Waals surface area contributed by atoms with Crippen molar-refractivity contribution in [2.24, 2.45) is 0 Å². The maximum Gasteiger partial charge on any atom is 0.278 e. The molecule has 7 nitrogen and oxygen atoms in total. The maximum absolute atomic E-state index is 13.8. The van der Waals surface area contributed by atoms with E-state index in [1.807, 2.05) is 13.0 Å². The SMILES string of the molecule is CCC(=O)Nc1ccccc1-c1nc2ccccc2n([C@@H](C)C(=O)Nc2cccc(Cl)c2C)c1=O. The van der Waals surface area contributed by atoms with Gasteiger partial charge >= 0.3 is 0 Å². The van der Waals surface area contributed by atoms with Gasteiger partial charge < -0.3 is 10.6 Å². The van der Waals surface area contributed by atoms with E-state index in [-0.39, 0.29) is 17.5 Å². The normalized spacial score (nSPS) is 11.8. The van der Waals surface area contributed by atoms with E-state index >= 15 is 0 Å². The number of hydrogen-bond acceptors (Lipinski definition) is 4. The Morgan fingerprint density at radius 2 is 1.66 bits per heavy atom. The molecular formula is C27H25ClN4O3. The smallest absolute Gasteiger partial charge is 0.278 e.